The van der Waals surface area contributed by atoms with Gasteiger partial charge in [0.25, 0.3) is 0 Å². The van der Waals surface area contributed by atoms with E-state index in [-0.39, 0.29) is 10.8 Å². The fraction of sp³-hybridized carbons (Fsp3) is 0.344. The Bertz CT molecular complexity index is 2390. The summed E-state index contributed by atoms with van der Waals surface area (Å²) in [5, 5.41) is 0. The van der Waals surface area contributed by atoms with E-state index in [1.54, 1.807) is 0 Å². The zero-order valence-electron chi connectivity index (χ0n) is 46.7. The third kappa shape index (κ3) is 15.2. The zero-order chi connectivity index (χ0) is 52.9. The first-order chi connectivity index (χ1) is 34.0. The van der Waals surface area contributed by atoms with Crippen LogP contribution in [0.1, 0.15) is 165 Å². The number of rotatable bonds is 2. The molecule has 6 aromatic carbocycles. The van der Waals surface area contributed by atoms with Gasteiger partial charge in [-0.15, -0.1) is 0 Å². The Morgan fingerprint density at radius 2 is 0.429 bits per heavy atom. The van der Waals surface area contributed by atoms with E-state index in [0.29, 0.717) is 0 Å². The molecule has 0 atom stereocenters. The van der Waals surface area contributed by atoms with E-state index in [1.807, 2.05) is 125 Å². The molecule has 8 aromatic rings. The van der Waals surface area contributed by atoms with Gasteiger partial charge in [0, 0.05) is 5.41 Å². The first-order valence-electron chi connectivity index (χ1n) is 25.8. The topological polar surface area (TPSA) is 77.3 Å². The minimum Gasteiger partial charge on any atom is -0.219 e. The Labute approximate surface area is 425 Å². The van der Waals surface area contributed by atoms with Crippen molar-refractivity contribution < 1.29 is 0 Å². The van der Waals surface area contributed by atoms with E-state index in [2.05, 4.69) is 201 Å². The van der Waals surface area contributed by atoms with Crippen molar-refractivity contribution in [2.24, 2.45) is 0 Å². The van der Waals surface area contributed by atoms with Gasteiger partial charge >= 0.3 is 0 Å². The summed E-state index contributed by atoms with van der Waals surface area (Å²) < 4.78 is 0. The molecule has 372 valence electrons. The molecule has 0 spiro atoms. The number of hydrogen-bond donors (Lipinski definition) is 0. The summed E-state index contributed by atoms with van der Waals surface area (Å²) in [6.07, 6.45) is 0. The molecular formula is C64H86N6. The standard InChI is InChI=1S/C25H18.C15H14.2C6H9N3.6C2H6/c1-3-11-19(12-4-1)25(20-13-5-2-6-14-20)23-17-9-7-15-21(23)22-16-8-10-18-24(22)25;1-15(2)13-9-5-3-7-11(13)12-8-4-6-10-14(12)15;2*1-4-7-5(2)9-6(3)8-4;6*1-2/h1-18H;3-10H,1-2H3;2*1-3H3;6*1-2H3. The Kier molecular flexibility index (Phi) is 28.2. The number of aryl methyl sites for hydroxylation is 6. The number of fused-ring (bicyclic) bond motifs is 6. The minimum atomic E-state index is -0.254. The van der Waals surface area contributed by atoms with Gasteiger partial charge in [-0.2, -0.15) is 0 Å². The second kappa shape index (κ2) is 32.2. The highest BCUT2D eigenvalue weighted by atomic mass is 15.0. The predicted molar refractivity (Wildman–Crippen MR) is 304 cm³/mol. The van der Waals surface area contributed by atoms with Crippen molar-refractivity contribution in [2.75, 3.05) is 0 Å². The summed E-state index contributed by atoms with van der Waals surface area (Å²) >= 11 is 0. The van der Waals surface area contributed by atoms with Crippen LogP contribution in [0, 0.1) is 41.5 Å². The molecule has 0 fully saturated rings. The Balaban J connectivity index is 0.000000468. The van der Waals surface area contributed by atoms with E-state index in [1.165, 1.54) is 55.6 Å². The highest BCUT2D eigenvalue weighted by Crippen LogP contribution is 2.55. The average Bonchev–Trinajstić information content (AvgIpc) is 3.84. The number of benzene rings is 6. The van der Waals surface area contributed by atoms with Crippen molar-refractivity contribution in [1.82, 2.24) is 29.9 Å². The van der Waals surface area contributed by atoms with Gasteiger partial charge in [-0.1, -0.05) is 255 Å². The summed E-state index contributed by atoms with van der Waals surface area (Å²) in [5.74, 6) is 4.75. The van der Waals surface area contributed by atoms with Crippen molar-refractivity contribution >= 4 is 0 Å². The second-order valence-corrected chi connectivity index (χ2v) is 15.2. The lowest BCUT2D eigenvalue weighted by Crippen LogP contribution is -2.28. The van der Waals surface area contributed by atoms with Crippen LogP contribution >= 0.6 is 0 Å². The van der Waals surface area contributed by atoms with Crippen molar-refractivity contribution in [1.29, 1.82) is 0 Å². The summed E-state index contributed by atoms with van der Waals surface area (Å²) in [7, 11) is 0. The summed E-state index contributed by atoms with van der Waals surface area (Å²) in [6.45, 7) is 39.8. The van der Waals surface area contributed by atoms with E-state index < -0.39 is 0 Å². The number of aromatic nitrogens is 6. The van der Waals surface area contributed by atoms with Crippen LogP contribution in [0.5, 0.6) is 0 Å². The lowest BCUT2D eigenvalue weighted by atomic mass is 9.68. The molecule has 2 aliphatic rings. The molecule has 0 radical (unpaired) electrons. The molecule has 2 heterocycles. The molecule has 6 nitrogen and oxygen atoms in total. The third-order valence-electron chi connectivity index (χ3n) is 10.8. The maximum atomic E-state index is 4.01. The fourth-order valence-electron chi connectivity index (χ4n) is 8.63. The van der Waals surface area contributed by atoms with Crippen LogP contribution < -0.4 is 0 Å². The average molecular weight is 939 g/mol. The molecule has 6 heteroatoms. The summed E-state index contributed by atoms with van der Waals surface area (Å²) in [6, 6.07) is 56.9. The fourth-order valence-corrected chi connectivity index (χ4v) is 8.63. The summed E-state index contributed by atoms with van der Waals surface area (Å²) in [4.78, 5) is 24.1. The monoisotopic (exact) mass is 939 g/mol. The molecule has 0 saturated heterocycles. The largest absolute Gasteiger partial charge is 0.219 e. The SMILES string of the molecule is CC.CC.CC.CC.CC.CC.CC1(C)c2ccccc2-c2ccccc21.Cc1nc(C)nc(C)n1.Cc1nc(C)nc(C)n1.c1ccc(C2(c3ccccc3)c3ccccc3-c3ccccc32)cc1. The highest BCUT2D eigenvalue weighted by molar-refractivity contribution is 5.86. The number of hydrogen-bond acceptors (Lipinski definition) is 6. The first-order valence-corrected chi connectivity index (χ1v) is 25.8. The molecule has 70 heavy (non-hydrogen) atoms. The minimum absolute atomic E-state index is 0.160. The van der Waals surface area contributed by atoms with Crippen LogP contribution in [0.15, 0.2) is 158 Å². The molecule has 0 N–H and O–H groups in total. The van der Waals surface area contributed by atoms with E-state index in [4.69, 9.17) is 0 Å². The smallest absolute Gasteiger partial charge is 0.129 e. The van der Waals surface area contributed by atoms with Gasteiger partial charge in [-0.25, -0.2) is 29.9 Å². The van der Waals surface area contributed by atoms with Gasteiger partial charge in [0.15, 0.2) is 0 Å². The third-order valence-corrected chi connectivity index (χ3v) is 10.8. The van der Waals surface area contributed by atoms with Crippen LogP contribution in [0.3, 0.4) is 0 Å². The normalized spacial score (nSPS) is 11.4. The Morgan fingerprint density at radius 3 is 0.671 bits per heavy atom. The molecule has 2 aliphatic carbocycles. The zero-order valence-corrected chi connectivity index (χ0v) is 46.7. The maximum Gasteiger partial charge on any atom is 0.129 e. The van der Waals surface area contributed by atoms with E-state index >= 15 is 0 Å². The lowest BCUT2D eigenvalue weighted by Gasteiger charge is -2.33. The molecule has 0 saturated carbocycles. The van der Waals surface area contributed by atoms with Crippen molar-refractivity contribution in [3.05, 3.63) is 226 Å². The van der Waals surface area contributed by atoms with Gasteiger partial charge in [0.1, 0.15) is 34.9 Å². The molecule has 0 aliphatic heterocycles. The van der Waals surface area contributed by atoms with Gasteiger partial charge < -0.3 is 0 Å². The van der Waals surface area contributed by atoms with Crippen LogP contribution in [-0.4, -0.2) is 29.9 Å². The molecule has 10 rings (SSSR count). The molecular weight excluding hydrogens is 853 g/mol. The Hall–Kier alpha value is -6.66. The lowest BCUT2D eigenvalue weighted by molar-refractivity contribution is 0.660. The van der Waals surface area contributed by atoms with Crippen molar-refractivity contribution in [2.45, 2.75) is 149 Å². The molecule has 2 aromatic heterocycles. The predicted octanol–water partition coefficient (Wildman–Crippen LogP) is 17.8. The van der Waals surface area contributed by atoms with Crippen LogP contribution in [0.4, 0.5) is 0 Å². The summed E-state index contributed by atoms with van der Waals surface area (Å²) in [5.41, 5.74) is 13.7. The number of nitrogens with zero attached hydrogens (tertiary/aromatic N) is 6. The van der Waals surface area contributed by atoms with Gasteiger partial charge in [0.2, 0.25) is 0 Å². The van der Waals surface area contributed by atoms with Crippen molar-refractivity contribution in [3.63, 3.8) is 0 Å². The molecule has 0 bridgehead atoms. The molecule has 0 amide bonds. The van der Waals surface area contributed by atoms with Gasteiger partial charge in [-0.05, 0) is 97.2 Å². The van der Waals surface area contributed by atoms with Gasteiger partial charge in [-0.3, -0.25) is 0 Å². The van der Waals surface area contributed by atoms with Gasteiger partial charge in [0.05, 0.1) is 5.41 Å². The Morgan fingerprint density at radius 1 is 0.243 bits per heavy atom. The van der Waals surface area contributed by atoms with Crippen LogP contribution in [0.2, 0.25) is 0 Å². The molecule has 0 unspecified atom stereocenters. The van der Waals surface area contributed by atoms with Crippen molar-refractivity contribution in [3.8, 4) is 22.3 Å². The van der Waals surface area contributed by atoms with Crippen LogP contribution in [-0.2, 0) is 10.8 Å². The highest BCUT2D eigenvalue weighted by Gasteiger charge is 2.45. The maximum absolute atomic E-state index is 4.01. The quantitative estimate of drug-likeness (QED) is 0.172. The van der Waals surface area contributed by atoms with E-state index in [0.717, 1.165) is 34.9 Å². The van der Waals surface area contributed by atoms with E-state index in [9.17, 15) is 0 Å². The second-order valence-electron chi connectivity index (χ2n) is 15.2. The van der Waals surface area contributed by atoms with Crippen LogP contribution in [0.25, 0.3) is 22.3 Å². The first kappa shape index (κ1) is 61.4.